The van der Waals surface area contributed by atoms with E-state index in [-0.39, 0.29) is 6.04 Å². The summed E-state index contributed by atoms with van der Waals surface area (Å²) in [6.45, 7) is 9.83. The minimum absolute atomic E-state index is 0.126. The summed E-state index contributed by atoms with van der Waals surface area (Å²) in [6.07, 6.45) is 2.42. The molecule has 0 amide bonds. The Labute approximate surface area is 108 Å². The minimum atomic E-state index is 0.126. The Kier molecular flexibility index (Phi) is 4.72. The van der Waals surface area contributed by atoms with Gasteiger partial charge in [0.1, 0.15) is 6.04 Å². The van der Waals surface area contributed by atoms with Crippen molar-refractivity contribution in [1.82, 2.24) is 15.0 Å². The number of ether oxygens (including phenoxy) is 1. The first kappa shape index (κ1) is 13.5. The van der Waals surface area contributed by atoms with Gasteiger partial charge in [0.15, 0.2) is 5.82 Å². The first-order chi connectivity index (χ1) is 8.74. The van der Waals surface area contributed by atoms with Gasteiger partial charge in [0.25, 0.3) is 0 Å². The highest BCUT2D eigenvalue weighted by Gasteiger charge is 2.30. The molecule has 0 spiro atoms. The van der Waals surface area contributed by atoms with Crippen LogP contribution in [0.4, 0.5) is 0 Å². The molecule has 1 aromatic heterocycles. The number of hydrogen-bond acceptors (Lipinski definition) is 5. The van der Waals surface area contributed by atoms with Gasteiger partial charge in [-0.05, 0) is 12.8 Å². The van der Waals surface area contributed by atoms with Crippen molar-refractivity contribution in [3.8, 4) is 0 Å². The summed E-state index contributed by atoms with van der Waals surface area (Å²) in [5.74, 6) is 2.12. The Morgan fingerprint density at radius 1 is 1.39 bits per heavy atom. The number of rotatable bonds is 5. The molecule has 102 valence electrons. The number of aryl methyl sites for hydroxylation is 1. The van der Waals surface area contributed by atoms with Crippen molar-refractivity contribution in [3.63, 3.8) is 0 Å². The zero-order chi connectivity index (χ0) is 13.0. The molecule has 1 aromatic rings. The Bertz CT molecular complexity index is 363. The van der Waals surface area contributed by atoms with Crippen LogP contribution in [0.25, 0.3) is 0 Å². The maximum atomic E-state index is 5.56. The number of aromatic nitrogens is 2. The monoisotopic (exact) mass is 253 g/mol. The first-order valence-electron chi connectivity index (χ1n) is 6.86. The first-order valence-corrected chi connectivity index (χ1v) is 6.86. The summed E-state index contributed by atoms with van der Waals surface area (Å²) < 4.78 is 10.9. The highest BCUT2D eigenvalue weighted by Crippen LogP contribution is 2.25. The fourth-order valence-corrected chi connectivity index (χ4v) is 2.41. The van der Waals surface area contributed by atoms with Gasteiger partial charge in [0.05, 0.1) is 13.2 Å². The van der Waals surface area contributed by atoms with Crippen LogP contribution in [0.2, 0.25) is 0 Å². The third-order valence-electron chi connectivity index (χ3n) is 3.72. The van der Waals surface area contributed by atoms with Crippen molar-refractivity contribution in [2.45, 2.75) is 39.7 Å². The van der Waals surface area contributed by atoms with Crippen LogP contribution in [0.3, 0.4) is 0 Å². The largest absolute Gasteiger partial charge is 0.378 e. The van der Waals surface area contributed by atoms with Gasteiger partial charge in [0, 0.05) is 13.1 Å². The van der Waals surface area contributed by atoms with Crippen molar-refractivity contribution in [3.05, 3.63) is 11.7 Å². The summed E-state index contributed by atoms with van der Waals surface area (Å²) in [5.41, 5.74) is 0. The summed E-state index contributed by atoms with van der Waals surface area (Å²) in [5, 5.41) is 3.88. The molecule has 0 aromatic carbocycles. The third-order valence-corrected chi connectivity index (χ3v) is 3.72. The van der Waals surface area contributed by atoms with Crippen molar-refractivity contribution in [1.29, 1.82) is 0 Å². The zero-order valence-electron chi connectivity index (χ0n) is 11.6. The summed E-state index contributed by atoms with van der Waals surface area (Å²) in [6, 6.07) is 0.126. The van der Waals surface area contributed by atoms with E-state index in [1.165, 1.54) is 12.8 Å². The lowest BCUT2D eigenvalue weighted by Crippen LogP contribution is -2.42. The van der Waals surface area contributed by atoms with Gasteiger partial charge in [-0.15, -0.1) is 0 Å². The lowest BCUT2D eigenvalue weighted by Gasteiger charge is -2.35. The van der Waals surface area contributed by atoms with Crippen LogP contribution in [0, 0.1) is 12.8 Å². The molecule has 18 heavy (non-hydrogen) atoms. The molecule has 0 aliphatic carbocycles. The lowest BCUT2D eigenvalue weighted by molar-refractivity contribution is -0.0269. The maximum Gasteiger partial charge on any atom is 0.246 e. The molecule has 1 aliphatic heterocycles. The third kappa shape index (κ3) is 3.09. The van der Waals surface area contributed by atoms with Gasteiger partial charge in [-0.1, -0.05) is 31.8 Å². The molecule has 5 nitrogen and oxygen atoms in total. The minimum Gasteiger partial charge on any atom is -0.378 e. The van der Waals surface area contributed by atoms with E-state index in [9.17, 15) is 0 Å². The van der Waals surface area contributed by atoms with E-state index in [1.54, 1.807) is 0 Å². The summed E-state index contributed by atoms with van der Waals surface area (Å²) in [7, 11) is 0. The molecular weight excluding hydrogens is 230 g/mol. The number of hydrogen-bond donors (Lipinski definition) is 0. The smallest absolute Gasteiger partial charge is 0.246 e. The van der Waals surface area contributed by atoms with E-state index in [2.05, 4.69) is 28.9 Å². The van der Waals surface area contributed by atoms with E-state index < -0.39 is 0 Å². The van der Waals surface area contributed by atoms with Crippen LogP contribution in [0.5, 0.6) is 0 Å². The van der Waals surface area contributed by atoms with E-state index in [4.69, 9.17) is 9.26 Å². The Hall–Kier alpha value is -0.940. The molecule has 5 heteroatoms. The van der Waals surface area contributed by atoms with Crippen molar-refractivity contribution < 1.29 is 9.26 Å². The maximum absolute atomic E-state index is 5.56. The van der Waals surface area contributed by atoms with Gasteiger partial charge < -0.3 is 9.26 Å². The van der Waals surface area contributed by atoms with E-state index >= 15 is 0 Å². The number of nitrogens with zero attached hydrogens (tertiary/aromatic N) is 3. The van der Waals surface area contributed by atoms with Gasteiger partial charge >= 0.3 is 0 Å². The molecule has 1 atom stereocenters. The number of morpholine rings is 1. The van der Waals surface area contributed by atoms with E-state index in [0.29, 0.717) is 18.3 Å². The van der Waals surface area contributed by atoms with Crippen LogP contribution in [-0.2, 0) is 4.74 Å². The standard InChI is InChI=1S/C13H23N3O2/c1-4-11(5-2)8-16-6-7-17-9-12(16)13-14-10(3)15-18-13/h11-12H,4-9H2,1-3H3. The average molecular weight is 253 g/mol. The Morgan fingerprint density at radius 2 is 2.17 bits per heavy atom. The molecule has 1 unspecified atom stereocenters. The summed E-state index contributed by atoms with van der Waals surface area (Å²) >= 11 is 0. The normalized spacial score (nSPS) is 21.7. The predicted molar refractivity (Wildman–Crippen MR) is 68.2 cm³/mol. The SMILES string of the molecule is CCC(CC)CN1CCOCC1c1nc(C)no1. The van der Waals surface area contributed by atoms with E-state index in [0.717, 1.165) is 25.6 Å². The van der Waals surface area contributed by atoms with Crippen LogP contribution < -0.4 is 0 Å². The Balaban J connectivity index is 2.06. The van der Waals surface area contributed by atoms with Crippen LogP contribution in [0.1, 0.15) is 44.4 Å². The molecule has 1 fully saturated rings. The highest BCUT2D eigenvalue weighted by molar-refractivity contribution is 4.94. The molecule has 1 aliphatic rings. The predicted octanol–water partition coefficient (Wildman–Crippen LogP) is 2.19. The van der Waals surface area contributed by atoms with Gasteiger partial charge in [-0.3, -0.25) is 4.90 Å². The molecule has 2 heterocycles. The van der Waals surface area contributed by atoms with Crippen LogP contribution in [0.15, 0.2) is 4.52 Å². The molecule has 0 saturated carbocycles. The van der Waals surface area contributed by atoms with Crippen molar-refractivity contribution in [2.24, 2.45) is 5.92 Å². The second-order valence-electron chi connectivity index (χ2n) is 4.95. The van der Waals surface area contributed by atoms with Gasteiger partial charge in [-0.2, -0.15) is 4.98 Å². The van der Waals surface area contributed by atoms with Crippen molar-refractivity contribution >= 4 is 0 Å². The quantitative estimate of drug-likeness (QED) is 0.805. The second-order valence-corrected chi connectivity index (χ2v) is 4.95. The van der Waals surface area contributed by atoms with Gasteiger partial charge in [0.2, 0.25) is 5.89 Å². The molecule has 0 bridgehead atoms. The summed E-state index contributed by atoms with van der Waals surface area (Å²) in [4.78, 5) is 6.77. The second kappa shape index (κ2) is 6.29. The lowest BCUT2D eigenvalue weighted by atomic mass is 10.0. The molecule has 0 N–H and O–H groups in total. The molecule has 0 radical (unpaired) electrons. The zero-order valence-corrected chi connectivity index (χ0v) is 11.6. The van der Waals surface area contributed by atoms with Crippen LogP contribution >= 0.6 is 0 Å². The van der Waals surface area contributed by atoms with Crippen molar-refractivity contribution in [2.75, 3.05) is 26.3 Å². The molecule has 2 rings (SSSR count). The molecular formula is C13H23N3O2. The molecule has 1 saturated heterocycles. The fraction of sp³-hybridized carbons (Fsp3) is 0.846. The fourth-order valence-electron chi connectivity index (χ4n) is 2.41. The van der Waals surface area contributed by atoms with E-state index in [1.807, 2.05) is 6.92 Å². The Morgan fingerprint density at radius 3 is 2.78 bits per heavy atom. The highest BCUT2D eigenvalue weighted by atomic mass is 16.5. The topological polar surface area (TPSA) is 51.4 Å². The van der Waals surface area contributed by atoms with Gasteiger partial charge in [-0.25, -0.2) is 0 Å². The average Bonchev–Trinajstić information content (AvgIpc) is 2.83. The van der Waals surface area contributed by atoms with Crippen LogP contribution in [-0.4, -0.2) is 41.3 Å².